The van der Waals surface area contributed by atoms with Gasteiger partial charge in [0.2, 0.25) is 5.91 Å². The van der Waals surface area contributed by atoms with E-state index in [9.17, 15) is 22.8 Å². The van der Waals surface area contributed by atoms with Crippen molar-refractivity contribution in [2.24, 2.45) is 0 Å². The number of nitrogens with one attached hydrogen (secondary N) is 2. The molecule has 2 N–H and O–H groups in total. The molecule has 0 aliphatic carbocycles. The van der Waals surface area contributed by atoms with E-state index in [0.29, 0.717) is 25.7 Å². The summed E-state index contributed by atoms with van der Waals surface area (Å²) < 4.78 is 35.4. The highest BCUT2D eigenvalue weighted by atomic mass is 19.4. The molecule has 0 radical (unpaired) electrons. The molecule has 4 nitrogen and oxygen atoms in total. The molecule has 0 aromatic carbocycles. The van der Waals surface area contributed by atoms with E-state index in [4.69, 9.17) is 0 Å². The van der Waals surface area contributed by atoms with Crippen molar-refractivity contribution >= 4 is 11.8 Å². The molecule has 0 aliphatic rings. The molecule has 0 spiro atoms. The molecule has 0 aliphatic heterocycles. The summed E-state index contributed by atoms with van der Waals surface area (Å²) in [5.41, 5.74) is 0. The van der Waals surface area contributed by atoms with Crippen LogP contribution in [0.3, 0.4) is 0 Å². The maximum absolute atomic E-state index is 11.8. The van der Waals surface area contributed by atoms with E-state index in [1.165, 1.54) is 0 Å². The van der Waals surface area contributed by atoms with Crippen LogP contribution in [0.2, 0.25) is 0 Å². The van der Waals surface area contributed by atoms with E-state index < -0.39 is 12.1 Å². The topological polar surface area (TPSA) is 58.2 Å². The highest BCUT2D eigenvalue weighted by Crippen LogP contribution is 2.13. The minimum atomic E-state index is -4.82. The summed E-state index contributed by atoms with van der Waals surface area (Å²) in [6, 6.07) is 0.0866. The Balaban J connectivity index is 3.47. The summed E-state index contributed by atoms with van der Waals surface area (Å²) in [5, 5.41) is 4.49. The monoisotopic (exact) mass is 268 g/mol. The Labute approximate surface area is 104 Å². The van der Waals surface area contributed by atoms with Gasteiger partial charge in [-0.15, -0.1) is 0 Å². The lowest BCUT2D eigenvalue weighted by atomic mass is 10.2. The van der Waals surface area contributed by atoms with Crippen LogP contribution in [0.1, 0.15) is 39.5 Å². The van der Waals surface area contributed by atoms with Crippen LogP contribution in [0.5, 0.6) is 0 Å². The molecule has 0 unspecified atom stereocenters. The van der Waals surface area contributed by atoms with Gasteiger partial charge in [0, 0.05) is 19.0 Å². The van der Waals surface area contributed by atoms with Crippen LogP contribution in [-0.4, -0.2) is 30.6 Å². The third-order valence-corrected chi connectivity index (χ3v) is 2.07. The molecule has 0 atom stereocenters. The molecule has 0 saturated heterocycles. The first-order chi connectivity index (χ1) is 8.23. The zero-order valence-corrected chi connectivity index (χ0v) is 10.6. The van der Waals surface area contributed by atoms with Crippen molar-refractivity contribution in [1.29, 1.82) is 0 Å². The van der Waals surface area contributed by atoms with Crippen LogP contribution in [0.15, 0.2) is 0 Å². The Morgan fingerprint density at radius 3 is 2.22 bits per heavy atom. The fraction of sp³-hybridized carbons (Fsp3) is 0.818. The molecular weight excluding hydrogens is 249 g/mol. The highest BCUT2D eigenvalue weighted by Gasteiger charge is 2.38. The number of carbonyl (C=O) groups excluding carboxylic acids is 2. The number of hydrogen-bond acceptors (Lipinski definition) is 2. The molecule has 0 aromatic rings. The number of hydrogen-bond donors (Lipinski definition) is 2. The molecule has 0 rings (SSSR count). The second-order valence-corrected chi connectivity index (χ2v) is 4.29. The number of amides is 2. The first kappa shape index (κ1) is 16.7. The molecule has 0 aromatic heterocycles. The Kier molecular flexibility index (Phi) is 7.38. The van der Waals surface area contributed by atoms with Crippen molar-refractivity contribution in [3.8, 4) is 0 Å². The van der Waals surface area contributed by atoms with Gasteiger partial charge in [-0.1, -0.05) is 6.42 Å². The fourth-order valence-corrected chi connectivity index (χ4v) is 1.28. The van der Waals surface area contributed by atoms with Crippen LogP contribution in [-0.2, 0) is 9.59 Å². The largest absolute Gasteiger partial charge is 0.471 e. The summed E-state index contributed by atoms with van der Waals surface area (Å²) in [5.74, 6) is -1.98. The van der Waals surface area contributed by atoms with Gasteiger partial charge in [0.25, 0.3) is 0 Å². The Hall–Kier alpha value is -1.27. The molecule has 0 heterocycles. The smallest absolute Gasteiger partial charge is 0.354 e. The number of alkyl halides is 3. The first-order valence-electron chi connectivity index (χ1n) is 5.88. The van der Waals surface area contributed by atoms with E-state index in [2.05, 4.69) is 5.32 Å². The van der Waals surface area contributed by atoms with Gasteiger partial charge in [-0.2, -0.15) is 13.2 Å². The van der Waals surface area contributed by atoms with Crippen LogP contribution >= 0.6 is 0 Å². The van der Waals surface area contributed by atoms with Crippen molar-refractivity contribution in [3.63, 3.8) is 0 Å². The molecule has 106 valence electrons. The van der Waals surface area contributed by atoms with Gasteiger partial charge >= 0.3 is 12.1 Å². The molecular formula is C11H19F3N2O2. The summed E-state index contributed by atoms with van der Waals surface area (Å²) in [4.78, 5) is 21.6. The van der Waals surface area contributed by atoms with Crippen LogP contribution < -0.4 is 10.6 Å². The number of carbonyl (C=O) groups is 2. The van der Waals surface area contributed by atoms with Crippen molar-refractivity contribution in [1.82, 2.24) is 10.6 Å². The second-order valence-electron chi connectivity index (χ2n) is 4.29. The summed E-state index contributed by atoms with van der Waals surface area (Å²) >= 11 is 0. The lowest BCUT2D eigenvalue weighted by Crippen LogP contribution is -2.37. The Morgan fingerprint density at radius 1 is 1.11 bits per heavy atom. The SMILES string of the molecule is CC(C)NC(=O)CCCCCNC(=O)C(F)(F)F. The first-order valence-corrected chi connectivity index (χ1v) is 5.88. The predicted octanol–water partition coefficient (Wildman–Crippen LogP) is 1.75. The number of rotatable bonds is 7. The van der Waals surface area contributed by atoms with Crippen LogP contribution in [0, 0.1) is 0 Å². The summed E-state index contributed by atoms with van der Waals surface area (Å²) in [6.07, 6.45) is -2.84. The Bertz CT molecular complexity index is 278. The van der Waals surface area contributed by atoms with Gasteiger partial charge < -0.3 is 10.6 Å². The quantitative estimate of drug-likeness (QED) is 0.691. The maximum atomic E-state index is 11.8. The highest BCUT2D eigenvalue weighted by molar-refractivity contribution is 5.81. The van der Waals surface area contributed by atoms with Gasteiger partial charge in [-0.25, -0.2) is 0 Å². The fourth-order valence-electron chi connectivity index (χ4n) is 1.28. The normalized spacial score (nSPS) is 11.4. The molecule has 0 bridgehead atoms. The Morgan fingerprint density at radius 2 is 1.72 bits per heavy atom. The van der Waals surface area contributed by atoms with Crippen LogP contribution in [0.4, 0.5) is 13.2 Å². The minimum Gasteiger partial charge on any atom is -0.354 e. The van der Waals surface area contributed by atoms with Crippen molar-refractivity contribution < 1.29 is 22.8 Å². The van der Waals surface area contributed by atoms with E-state index in [1.807, 2.05) is 13.8 Å². The molecule has 2 amide bonds. The third-order valence-electron chi connectivity index (χ3n) is 2.07. The van der Waals surface area contributed by atoms with E-state index in [0.717, 1.165) is 0 Å². The average Bonchev–Trinajstić information content (AvgIpc) is 2.20. The summed E-state index contributed by atoms with van der Waals surface area (Å²) in [7, 11) is 0. The lowest BCUT2D eigenvalue weighted by Gasteiger charge is -2.09. The molecule has 0 fully saturated rings. The zero-order chi connectivity index (χ0) is 14.2. The molecule has 7 heteroatoms. The summed E-state index contributed by atoms with van der Waals surface area (Å²) in [6.45, 7) is 3.68. The van der Waals surface area contributed by atoms with Gasteiger partial charge in [0.1, 0.15) is 0 Å². The van der Waals surface area contributed by atoms with Crippen molar-refractivity contribution in [2.45, 2.75) is 51.7 Å². The third kappa shape index (κ3) is 8.83. The van der Waals surface area contributed by atoms with Gasteiger partial charge in [0.05, 0.1) is 0 Å². The number of halogens is 3. The zero-order valence-electron chi connectivity index (χ0n) is 10.6. The van der Waals surface area contributed by atoms with E-state index in [1.54, 1.807) is 5.32 Å². The minimum absolute atomic E-state index is 0.0237. The van der Waals surface area contributed by atoms with Gasteiger partial charge in [-0.05, 0) is 26.7 Å². The maximum Gasteiger partial charge on any atom is 0.471 e. The lowest BCUT2D eigenvalue weighted by molar-refractivity contribution is -0.173. The average molecular weight is 268 g/mol. The van der Waals surface area contributed by atoms with E-state index >= 15 is 0 Å². The van der Waals surface area contributed by atoms with Gasteiger partial charge in [-0.3, -0.25) is 9.59 Å². The molecule has 18 heavy (non-hydrogen) atoms. The number of unbranched alkanes of at least 4 members (excludes halogenated alkanes) is 2. The predicted molar refractivity (Wildman–Crippen MR) is 60.8 cm³/mol. The molecule has 0 saturated carbocycles. The standard InChI is InChI=1S/C11H19F3N2O2/c1-8(2)16-9(17)6-4-3-5-7-15-10(18)11(12,13)14/h8H,3-7H2,1-2H3,(H,15,18)(H,16,17). The van der Waals surface area contributed by atoms with Gasteiger partial charge in [0.15, 0.2) is 0 Å². The van der Waals surface area contributed by atoms with Crippen LogP contribution in [0.25, 0.3) is 0 Å². The van der Waals surface area contributed by atoms with Crippen molar-refractivity contribution in [3.05, 3.63) is 0 Å². The van der Waals surface area contributed by atoms with E-state index in [-0.39, 0.29) is 18.5 Å². The second kappa shape index (κ2) is 7.94. The van der Waals surface area contributed by atoms with Crippen molar-refractivity contribution in [2.75, 3.05) is 6.54 Å².